The maximum atomic E-state index is 12.3. The van der Waals surface area contributed by atoms with Gasteiger partial charge in [0, 0.05) is 25.7 Å². The maximum absolute atomic E-state index is 12.3. The van der Waals surface area contributed by atoms with Gasteiger partial charge in [0.1, 0.15) is 0 Å². The van der Waals surface area contributed by atoms with Crippen molar-refractivity contribution in [2.24, 2.45) is 11.5 Å². The van der Waals surface area contributed by atoms with E-state index in [1.807, 2.05) is 0 Å². The van der Waals surface area contributed by atoms with Gasteiger partial charge in [-0.05, 0) is 18.9 Å². The summed E-state index contributed by atoms with van der Waals surface area (Å²) in [6, 6.07) is 0.116. The Labute approximate surface area is 124 Å². The molecule has 1 aromatic heterocycles. The van der Waals surface area contributed by atoms with Crippen LogP contribution in [0.4, 0.5) is 18.0 Å². The van der Waals surface area contributed by atoms with Crippen molar-refractivity contribution in [3.8, 4) is 0 Å². The largest absolute Gasteiger partial charge is 0.389 e. The summed E-state index contributed by atoms with van der Waals surface area (Å²) in [5, 5.41) is 0. The molecule has 0 fully saturated rings. The Morgan fingerprint density at radius 2 is 1.95 bits per heavy atom. The topological polar surface area (TPSA) is 94.3 Å². The van der Waals surface area contributed by atoms with Crippen molar-refractivity contribution < 1.29 is 22.8 Å². The monoisotopic (exact) mass is 318 g/mol. The Kier molecular flexibility index (Phi) is 4.34. The summed E-state index contributed by atoms with van der Waals surface area (Å²) in [4.78, 5) is 24.3. The molecule has 0 aromatic carbocycles. The Balaban J connectivity index is 2.27. The molecule has 1 aromatic rings. The van der Waals surface area contributed by atoms with Crippen LogP contribution < -0.4 is 11.5 Å². The molecule has 0 saturated heterocycles. The number of carbonyl (C=O) groups is 2. The van der Waals surface area contributed by atoms with Crippen LogP contribution in [0.3, 0.4) is 0 Å². The van der Waals surface area contributed by atoms with E-state index in [4.69, 9.17) is 11.5 Å². The Morgan fingerprint density at radius 3 is 2.50 bits per heavy atom. The molecule has 2 rings (SSSR count). The van der Waals surface area contributed by atoms with Gasteiger partial charge in [0.15, 0.2) is 0 Å². The summed E-state index contributed by atoms with van der Waals surface area (Å²) in [6.45, 7) is 0.702. The van der Waals surface area contributed by atoms with Gasteiger partial charge in [0.05, 0.1) is 17.3 Å². The van der Waals surface area contributed by atoms with Crippen molar-refractivity contribution in [1.82, 2.24) is 9.47 Å². The number of aromatic nitrogens is 1. The molecule has 0 bridgehead atoms. The van der Waals surface area contributed by atoms with Crippen LogP contribution in [0, 0.1) is 0 Å². The van der Waals surface area contributed by atoms with Gasteiger partial charge in [-0.15, -0.1) is 0 Å². The van der Waals surface area contributed by atoms with Gasteiger partial charge in [-0.3, -0.25) is 4.79 Å². The van der Waals surface area contributed by atoms with Gasteiger partial charge < -0.3 is 20.9 Å². The van der Waals surface area contributed by atoms with Crippen LogP contribution in [0.2, 0.25) is 0 Å². The first-order chi connectivity index (χ1) is 10.2. The number of hydrogen-bond acceptors (Lipinski definition) is 2. The van der Waals surface area contributed by atoms with Crippen LogP contribution in [0.5, 0.6) is 0 Å². The van der Waals surface area contributed by atoms with E-state index in [0.29, 0.717) is 12.2 Å². The van der Waals surface area contributed by atoms with Crippen LogP contribution >= 0.6 is 0 Å². The number of primary amides is 2. The molecule has 0 aliphatic carbocycles. The molecule has 22 heavy (non-hydrogen) atoms. The van der Waals surface area contributed by atoms with Crippen molar-refractivity contribution in [2.75, 3.05) is 6.54 Å². The third-order valence-electron chi connectivity index (χ3n) is 3.77. The number of urea groups is 1. The highest BCUT2D eigenvalue weighted by Gasteiger charge is 2.34. The van der Waals surface area contributed by atoms with Crippen LogP contribution in [0.25, 0.3) is 0 Å². The predicted molar refractivity (Wildman–Crippen MR) is 71.9 cm³/mol. The molecule has 1 aliphatic rings. The zero-order chi connectivity index (χ0) is 16.5. The van der Waals surface area contributed by atoms with Crippen molar-refractivity contribution in [3.63, 3.8) is 0 Å². The number of fused-ring (bicyclic) bond motifs is 1. The predicted octanol–water partition coefficient (Wildman–Crippen LogP) is 1.76. The Bertz CT molecular complexity index is 582. The lowest BCUT2D eigenvalue weighted by atomic mass is 9.99. The number of alkyl halides is 3. The third kappa shape index (κ3) is 3.34. The molecule has 1 atom stereocenters. The van der Waals surface area contributed by atoms with E-state index in [0.717, 1.165) is 0 Å². The first-order valence-corrected chi connectivity index (χ1v) is 6.82. The van der Waals surface area contributed by atoms with Crippen LogP contribution in [0.1, 0.15) is 41.4 Å². The molecule has 1 aliphatic heterocycles. The van der Waals surface area contributed by atoms with Gasteiger partial charge in [0.25, 0.3) is 5.91 Å². The second-order valence-corrected chi connectivity index (χ2v) is 5.23. The van der Waals surface area contributed by atoms with Crippen LogP contribution in [0.15, 0.2) is 12.3 Å². The quantitative estimate of drug-likeness (QED) is 0.885. The van der Waals surface area contributed by atoms with E-state index in [1.54, 1.807) is 10.8 Å². The molecule has 2 heterocycles. The summed E-state index contributed by atoms with van der Waals surface area (Å²) in [5.41, 5.74) is 11.3. The number of rotatable bonds is 4. The van der Waals surface area contributed by atoms with E-state index in [-0.39, 0.29) is 24.9 Å². The second-order valence-electron chi connectivity index (χ2n) is 5.23. The fourth-order valence-electron chi connectivity index (χ4n) is 2.83. The fourth-order valence-corrected chi connectivity index (χ4v) is 2.83. The lowest BCUT2D eigenvalue weighted by molar-refractivity contribution is -0.136. The molecular weight excluding hydrogens is 301 g/mol. The molecule has 4 N–H and O–H groups in total. The van der Waals surface area contributed by atoms with E-state index in [9.17, 15) is 22.8 Å². The Hall–Kier alpha value is -2.19. The summed E-state index contributed by atoms with van der Waals surface area (Å²) in [6.07, 6.45) is -3.68. The average molecular weight is 318 g/mol. The number of amides is 3. The van der Waals surface area contributed by atoms with E-state index in [2.05, 4.69) is 0 Å². The molecule has 0 spiro atoms. The van der Waals surface area contributed by atoms with Crippen molar-refractivity contribution in [2.45, 2.75) is 38.0 Å². The minimum Gasteiger partial charge on any atom is -0.366 e. The van der Waals surface area contributed by atoms with Gasteiger partial charge >= 0.3 is 12.2 Å². The lowest BCUT2D eigenvalue weighted by Gasteiger charge is -2.36. The first-order valence-electron chi connectivity index (χ1n) is 6.82. The highest BCUT2D eigenvalue weighted by Crippen LogP contribution is 2.34. The summed E-state index contributed by atoms with van der Waals surface area (Å²) in [7, 11) is 0. The van der Waals surface area contributed by atoms with Crippen LogP contribution in [-0.2, 0) is 6.54 Å². The van der Waals surface area contributed by atoms with E-state index in [1.165, 1.54) is 11.0 Å². The van der Waals surface area contributed by atoms with Gasteiger partial charge in [-0.2, -0.15) is 13.2 Å². The molecular formula is C13H17F3N4O2. The summed E-state index contributed by atoms with van der Waals surface area (Å²) < 4.78 is 38.7. The molecule has 1 unspecified atom stereocenters. The first kappa shape index (κ1) is 16.2. The number of hydrogen-bond donors (Lipinski definition) is 2. The highest BCUT2D eigenvalue weighted by molar-refractivity contribution is 5.94. The van der Waals surface area contributed by atoms with Gasteiger partial charge in [0.2, 0.25) is 0 Å². The summed E-state index contributed by atoms with van der Waals surface area (Å²) >= 11 is 0. The number of nitrogens with two attached hydrogens (primary N) is 2. The molecule has 0 saturated carbocycles. The van der Waals surface area contributed by atoms with E-state index < -0.39 is 30.6 Å². The smallest absolute Gasteiger partial charge is 0.366 e. The second kappa shape index (κ2) is 5.90. The zero-order valence-electron chi connectivity index (χ0n) is 11.8. The van der Waals surface area contributed by atoms with Crippen molar-refractivity contribution in [3.05, 3.63) is 23.5 Å². The molecule has 122 valence electrons. The molecule has 0 radical (unpaired) electrons. The Morgan fingerprint density at radius 1 is 1.27 bits per heavy atom. The average Bonchev–Trinajstić information content (AvgIpc) is 2.81. The maximum Gasteiger partial charge on any atom is 0.389 e. The van der Waals surface area contributed by atoms with Crippen molar-refractivity contribution >= 4 is 11.9 Å². The molecule has 6 nitrogen and oxygen atoms in total. The SMILES string of the molecule is NC(=O)c1ccn2c1C(CCCC(F)(F)F)N(C(N)=O)CC2. The van der Waals surface area contributed by atoms with Crippen molar-refractivity contribution in [1.29, 1.82) is 0 Å². The number of halogens is 3. The fraction of sp³-hybridized carbons (Fsp3) is 0.538. The minimum atomic E-state index is -4.26. The molecule has 3 amide bonds. The van der Waals surface area contributed by atoms with E-state index >= 15 is 0 Å². The minimum absolute atomic E-state index is 0.0622. The highest BCUT2D eigenvalue weighted by atomic mass is 19.4. The van der Waals surface area contributed by atoms with Gasteiger partial charge in [-0.1, -0.05) is 0 Å². The summed E-state index contributed by atoms with van der Waals surface area (Å²) in [5.74, 6) is -0.680. The third-order valence-corrected chi connectivity index (χ3v) is 3.77. The lowest BCUT2D eigenvalue weighted by Crippen LogP contribution is -2.45. The van der Waals surface area contributed by atoms with Crippen LogP contribution in [-0.4, -0.2) is 34.1 Å². The standard InChI is InChI=1S/C13H17F3N4O2/c14-13(15,16)4-1-2-9-10-8(11(17)21)3-5-19(10)6-7-20(9)12(18)22/h3,5,9H,1-2,4,6-7H2,(H2,17,21)(H2,18,22). The molecule has 9 heteroatoms. The van der Waals surface area contributed by atoms with Gasteiger partial charge in [-0.25, -0.2) is 4.79 Å². The zero-order valence-corrected chi connectivity index (χ0v) is 11.8. The number of carbonyl (C=O) groups excluding carboxylic acids is 2. The normalized spacial score (nSPS) is 18.1. The number of nitrogens with zero attached hydrogens (tertiary/aromatic N) is 2.